The van der Waals surface area contributed by atoms with Crippen molar-refractivity contribution in [3.8, 4) is 0 Å². The highest BCUT2D eigenvalue weighted by atomic mass is 32.2. The summed E-state index contributed by atoms with van der Waals surface area (Å²) >= 11 is 0. The van der Waals surface area contributed by atoms with Gasteiger partial charge in [0, 0.05) is 20.0 Å². The number of sulfonamides is 1. The van der Waals surface area contributed by atoms with Crippen molar-refractivity contribution in [3.05, 3.63) is 29.3 Å². The van der Waals surface area contributed by atoms with Gasteiger partial charge in [0.25, 0.3) is 0 Å². The molecular weight excluding hydrogens is 320 g/mol. The van der Waals surface area contributed by atoms with E-state index in [4.69, 9.17) is 0 Å². The number of carbonyl (C=O) groups is 2. The van der Waals surface area contributed by atoms with E-state index in [1.54, 1.807) is 26.0 Å². The molecule has 0 aliphatic heterocycles. The molecule has 1 amide bonds. The van der Waals surface area contributed by atoms with E-state index in [1.807, 2.05) is 0 Å². The molecule has 1 unspecified atom stereocenters. The van der Waals surface area contributed by atoms with Gasteiger partial charge >= 0.3 is 5.97 Å². The van der Waals surface area contributed by atoms with Crippen molar-refractivity contribution in [1.82, 2.24) is 9.62 Å². The number of carbonyl (C=O) groups excluding carboxylic acids is 1. The van der Waals surface area contributed by atoms with Gasteiger partial charge in [0.15, 0.2) is 0 Å². The molecule has 0 fully saturated rings. The van der Waals surface area contributed by atoms with Crippen molar-refractivity contribution >= 4 is 21.9 Å². The topological polar surface area (TPSA) is 104 Å². The molecule has 0 aliphatic carbocycles. The minimum absolute atomic E-state index is 0.0387. The highest BCUT2D eigenvalue weighted by molar-refractivity contribution is 7.89. The lowest BCUT2D eigenvalue weighted by molar-refractivity contribution is -0.140. The van der Waals surface area contributed by atoms with Gasteiger partial charge in [-0.3, -0.25) is 9.59 Å². The summed E-state index contributed by atoms with van der Waals surface area (Å²) in [5.74, 6) is -1.56. The van der Waals surface area contributed by atoms with E-state index in [2.05, 4.69) is 5.32 Å². The zero-order chi connectivity index (χ0) is 17.8. The summed E-state index contributed by atoms with van der Waals surface area (Å²) < 4.78 is 26.6. The van der Waals surface area contributed by atoms with E-state index in [9.17, 15) is 23.1 Å². The Labute approximate surface area is 136 Å². The number of carboxylic acid groups (broad SMARTS) is 1. The first-order valence-electron chi connectivity index (χ1n) is 7.13. The Hall–Kier alpha value is -1.93. The summed E-state index contributed by atoms with van der Waals surface area (Å²) in [6, 6.07) is 3.75. The quantitative estimate of drug-likeness (QED) is 0.766. The van der Waals surface area contributed by atoms with Crippen molar-refractivity contribution in [2.75, 3.05) is 13.1 Å². The normalized spacial score (nSPS) is 12.9. The van der Waals surface area contributed by atoms with Crippen LogP contribution in [-0.4, -0.2) is 48.8 Å². The number of amides is 1. The third-order valence-electron chi connectivity index (χ3n) is 3.43. The van der Waals surface area contributed by atoms with Crippen LogP contribution < -0.4 is 5.32 Å². The molecule has 2 N–H and O–H groups in total. The van der Waals surface area contributed by atoms with Crippen LogP contribution in [0.5, 0.6) is 0 Å². The molecule has 1 atom stereocenters. The Morgan fingerprint density at radius 1 is 1.30 bits per heavy atom. The minimum Gasteiger partial charge on any atom is -0.480 e. The number of aliphatic carboxylic acids is 1. The molecule has 23 heavy (non-hydrogen) atoms. The summed E-state index contributed by atoms with van der Waals surface area (Å²) in [7, 11) is -4.00. The standard InChI is InChI=1S/C15H22N2O5S/c1-10-5-6-11(2)14(9-10)23(21,22)17(12(3)15(19)20)8-7-16-13(4)18/h5-6,9,12H,7-8H2,1-4H3,(H,16,18)(H,19,20). The smallest absolute Gasteiger partial charge is 0.321 e. The predicted molar refractivity (Wildman–Crippen MR) is 85.6 cm³/mol. The minimum atomic E-state index is -4.00. The molecule has 0 spiro atoms. The van der Waals surface area contributed by atoms with Crippen LogP contribution >= 0.6 is 0 Å². The summed E-state index contributed by atoms with van der Waals surface area (Å²) in [6.45, 7) is 5.95. The predicted octanol–water partition coefficient (Wildman–Crippen LogP) is 0.903. The maximum absolute atomic E-state index is 12.9. The van der Waals surface area contributed by atoms with E-state index in [0.717, 1.165) is 9.87 Å². The molecule has 0 bridgehead atoms. The fourth-order valence-corrected chi connectivity index (χ4v) is 4.00. The lowest BCUT2D eigenvalue weighted by Crippen LogP contribution is -2.46. The van der Waals surface area contributed by atoms with Gasteiger partial charge in [-0.15, -0.1) is 0 Å². The van der Waals surface area contributed by atoms with Crippen LogP contribution in [0.1, 0.15) is 25.0 Å². The zero-order valence-corrected chi connectivity index (χ0v) is 14.5. The van der Waals surface area contributed by atoms with Gasteiger partial charge in [-0.05, 0) is 38.0 Å². The summed E-state index contributed by atoms with van der Waals surface area (Å²) in [5.41, 5.74) is 1.30. The highest BCUT2D eigenvalue weighted by Crippen LogP contribution is 2.23. The SMILES string of the molecule is CC(=O)NCCN(C(C)C(=O)O)S(=O)(=O)c1cc(C)ccc1C. The van der Waals surface area contributed by atoms with E-state index < -0.39 is 22.0 Å². The van der Waals surface area contributed by atoms with Gasteiger partial charge in [0.1, 0.15) is 6.04 Å². The number of nitrogens with zero attached hydrogens (tertiary/aromatic N) is 1. The second-order valence-corrected chi connectivity index (χ2v) is 7.24. The second-order valence-electron chi connectivity index (χ2n) is 5.38. The molecule has 1 aromatic carbocycles. The number of rotatable bonds is 7. The van der Waals surface area contributed by atoms with Gasteiger partial charge in [0.05, 0.1) is 4.90 Å². The van der Waals surface area contributed by atoms with Crippen LogP contribution in [0.2, 0.25) is 0 Å². The summed E-state index contributed by atoms with van der Waals surface area (Å²) in [6.07, 6.45) is 0. The summed E-state index contributed by atoms with van der Waals surface area (Å²) in [5, 5.41) is 11.7. The molecule has 7 nitrogen and oxygen atoms in total. The van der Waals surface area contributed by atoms with Gasteiger partial charge in [-0.2, -0.15) is 4.31 Å². The largest absolute Gasteiger partial charge is 0.480 e. The molecule has 0 saturated carbocycles. The van der Waals surface area contributed by atoms with E-state index >= 15 is 0 Å². The van der Waals surface area contributed by atoms with E-state index in [-0.39, 0.29) is 23.9 Å². The highest BCUT2D eigenvalue weighted by Gasteiger charge is 2.33. The Bertz CT molecular complexity index is 700. The Balaban J connectivity index is 3.24. The maximum atomic E-state index is 12.9. The average molecular weight is 342 g/mol. The Morgan fingerprint density at radius 3 is 2.43 bits per heavy atom. The van der Waals surface area contributed by atoms with Crippen LogP contribution in [0.3, 0.4) is 0 Å². The molecule has 0 saturated heterocycles. The van der Waals surface area contributed by atoms with Crippen molar-refractivity contribution < 1.29 is 23.1 Å². The third-order valence-corrected chi connectivity index (χ3v) is 5.54. The first-order valence-corrected chi connectivity index (χ1v) is 8.57. The number of nitrogens with one attached hydrogen (secondary N) is 1. The first kappa shape index (κ1) is 19.1. The fourth-order valence-electron chi connectivity index (χ4n) is 2.10. The molecule has 1 aromatic rings. The number of benzene rings is 1. The van der Waals surface area contributed by atoms with Crippen molar-refractivity contribution in [2.45, 2.75) is 38.6 Å². The van der Waals surface area contributed by atoms with Crippen molar-refractivity contribution in [3.63, 3.8) is 0 Å². The first-order chi connectivity index (χ1) is 10.6. The Kier molecular flexibility index (Phi) is 6.28. The number of hydrogen-bond acceptors (Lipinski definition) is 4. The van der Waals surface area contributed by atoms with Crippen LogP contribution in [0.15, 0.2) is 23.1 Å². The van der Waals surface area contributed by atoms with Gasteiger partial charge < -0.3 is 10.4 Å². The van der Waals surface area contributed by atoms with Crippen molar-refractivity contribution in [2.24, 2.45) is 0 Å². The zero-order valence-electron chi connectivity index (χ0n) is 13.7. The van der Waals surface area contributed by atoms with E-state index in [0.29, 0.717) is 5.56 Å². The van der Waals surface area contributed by atoms with Gasteiger partial charge in [-0.25, -0.2) is 8.42 Å². The lowest BCUT2D eigenvalue weighted by Gasteiger charge is -2.26. The molecule has 128 valence electrons. The number of aryl methyl sites for hydroxylation is 2. The van der Waals surface area contributed by atoms with Crippen LogP contribution in [0.4, 0.5) is 0 Å². The number of carboxylic acids is 1. The van der Waals surface area contributed by atoms with E-state index in [1.165, 1.54) is 19.9 Å². The fraction of sp³-hybridized carbons (Fsp3) is 0.467. The molecular formula is C15H22N2O5S. The summed E-state index contributed by atoms with van der Waals surface area (Å²) in [4.78, 5) is 22.3. The van der Waals surface area contributed by atoms with Crippen LogP contribution in [0.25, 0.3) is 0 Å². The molecule has 1 rings (SSSR count). The molecule has 0 radical (unpaired) electrons. The van der Waals surface area contributed by atoms with Crippen molar-refractivity contribution in [1.29, 1.82) is 0 Å². The van der Waals surface area contributed by atoms with Gasteiger partial charge in [0.2, 0.25) is 15.9 Å². The average Bonchev–Trinajstić information content (AvgIpc) is 2.44. The third kappa shape index (κ3) is 4.77. The Morgan fingerprint density at radius 2 is 1.91 bits per heavy atom. The maximum Gasteiger partial charge on any atom is 0.321 e. The number of hydrogen-bond donors (Lipinski definition) is 2. The van der Waals surface area contributed by atoms with Gasteiger partial charge in [-0.1, -0.05) is 12.1 Å². The molecule has 0 aliphatic rings. The molecule has 8 heteroatoms. The lowest BCUT2D eigenvalue weighted by atomic mass is 10.2. The van der Waals surface area contributed by atoms with Crippen LogP contribution in [-0.2, 0) is 19.6 Å². The monoisotopic (exact) mass is 342 g/mol. The van der Waals surface area contributed by atoms with Crippen LogP contribution in [0, 0.1) is 13.8 Å². The molecule has 0 aromatic heterocycles. The molecule has 0 heterocycles. The second kappa shape index (κ2) is 7.56.